The first-order chi connectivity index (χ1) is 19.3. The van der Waals surface area contributed by atoms with Gasteiger partial charge in [-0.1, -0.05) is 18.6 Å². The van der Waals surface area contributed by atoms with Crippen LogP contribution in [0.2, 0.25) is 0 Å². The van der Waals surface area contributed by atoms with Crippen LogP contribution in [0.15, 0.2) is 53.4 Å². The summed E-state index contributed by atoms with van der Waals surface area (Å²) in [5.74, 6) is 0.929. The van der Waals surface area contributed by atoms with E-state index in [1.165, 1.54) is 11.6 Å². The average Bonchev–Trinajstić information content (AvgIpc) is 3.62. The van der Waals surface area contributed by atoms with Crippen LogP contribution in [-0.2, 0) is 16.1 Å². The second-order valence-corrected chi connectivity index (χ2v) is 11.3. The molecule has 4 heterocycles. The lowest BCUT2D eigenvalue weighted by Crippen LogP contribution is -2.49. The monoisotopic (exact) mass is 601 g/mol. The number of carbonyl (C=O) groups excluding carboxylic acids is 3. The second kappa shape index (κ2) is 10.5. The molecule has 1 N–H and O–H groups in total. The minimum Gasteiger partial charge on any atom is -0.344 e. The van der Waals surface area contributed by atoms with Crippen molar-refractivity contribution in [1.29, 1.82) is 0 Å². The van der Waals surface area contributed by atoms with E-state index in [9.17, 15) is 14.4 Å². The third kappa shape index (κ3) is 4.90. The van der Waals surface area contributed by atoms with Crippen molar-refractivity contribution < 1.29 is 14.4 Å². The molecule has 0 spiro atoms. The molecule has 0 radical (unpaired) electrons. The van der Waals surface area contributed by atoms with Crippen molar-refractivity contribution in [2.24, 2.45) is 11.8 Å². The first-order valence-electron chi connectivity index (χ1n) is 13.3. The minimum absolute atomic E-state index is 0.174. The van der Waals surface area contributed by atoms with Crippen LogP contribution in [0.3, 0.4) is 0 Å². The smallest absolute Gasteiger partial charge is 0.249 e. The van der Waals surface area contributed by atoms with Gasteiger partial charge in [-0.15, -0.1) is 0 Å². The van der Waals surface area contributed by atoms with E-state index in [2.05, 4.69) is 41.3 Å². The summed E-state index contributed by atoms with van der Waals surface area (Å²) in [6.07, 6.45) is 6.55. The highest BCUT2D eigenvalue weighted by molar-refractivity contribution is 9.10. The highest BCUT2D eigenvalue weighted by Crippen LogP contribution is 2.43. The molecule has 1 aromatic carbocycles. The number of hydrogen-bond acceptors (Lipinski definition) is 8. The van der Waals surface area contributed by atoms with Crippen LogP contribution in [0.25, 0.3) is 22.0 Å². The van der Waals surface area contributed by atoms with Crippen LogP contribution >= 0.6 is 15.9 Å². The molecule has 2 aliphatic rings. The summed E-state index contributed by atoms with van der Waals surface area (Å²) in [6, 6.07) is 10.7. The van der Waals surface area contributed by atoms with Gasteiger partial charge in [0.25, 0.3) is 0 Å². The third-order valence-electron chi connectivity index (χ3n) is 7.91. The summed E-state index contributed by atoms with van der Waals surface area (Å²) in [4.78, 5) is 54.3. The molecular formula is C29H28BrN7O3. The van der Waals surface area contributed by atoms with Gasteiger partial charge in [-0.2, -0.15) is 5.10 Å². The number of pyridine rings is 1. The quantitative estimate of drug-likeness (QED) is 0.259. The van der Waals surface area contributed by atoms with Crippen molar-refractivity contribution >= 4 is 50.2 Å². The average molecular weight is 602 g/mol. The summed E-state index contributed by atoms with van der Waals surface area (Å²) in [6.45, 7) is 3.80. The molecule has 6 rings (SSSR count). The molecule has 1 saturated heterocycles. The topological polar surface area (TPSA) is 123 Å². The number of aromatic nitrogens is 5. The van der Waals surface area contributed by atoms with Gasteiger partial charge in [-0.3, -0.25) is 24.4 Å². The number of nitrogens with zero attached hydrogens (tertiary/aromatic N) is 6. The Morgan fingerprint density at radius 1 is 1.07 bits per heavy atom. The molecule has 11 heteroatoms. The molecule has 1 aliphatic heterocycles. The van der Waals surface area contributed by atoms with Gasteiger partial charge < -0.3 is 4.90 Å². The van der Waals surface area contributed by atoms with Crippen LogP contribution in [0.1, 0.15) is 42.5 Å². The zero-order valence-electron chi connectivity index (χ0n) is 22.2. The summed E-state index contributed by atoms with van der Waals surface area (Å²) >= 11 is 3.42. The van der Waals surface area contributed by atoms with Gasteiger partial charge in [0.05, 0.1) is 5.52 Å². The Bertz CT molecular complexity index is 1630. The fourth-order valence-corrected chi connectivity index (χ4v) is 6.44. The fraction of sp³-hybridized carbons (Fsp3) is 0.345. The van der Waals surface area contributed by atoms with E-state index < -0.39 is 11.9 Å². The number of aryl methyl sites for hydroxylation is 1. The molecule has 204 valence electrons. The molecule has 3 aromatic heterocycles. The molecule has 3 atom stereocenters. The van der Waals surface area contributed by atoms with Crippen LogP contribution in [0, 0.1) is 18.8 Å². The van der Waals surface area contributed by atoms with E-state index >= 15 is 0 Å². The van der Waals surface area contributed by atoms with Crippen LogP contribution < -0.4 is 10.2 Å². The van der Waals surface area contributed by atoms with E-state index in [1.54, 1.807) is 12.4 Å². The Morgan fingerprint density at radius 3 is 2.62 bits per heavy atom. The number of anilines is 1. The van der Waals surface area contributed by atoms with Gasteiger partial charge in [-0.25, -0.2) is 15.0 Å². The summed E-state index contributed by atoms with van der Waals surface area (Å²) in [5.41, 5.74) is 2.54. The van der Waals surface area contributed by atoms with E-state index in [4.69, 9.17) is 0 Å². The standard InChI is InChI=1S/C29H28BrN7O3/c1-16(38)27-22-11-18(20-12-31-17(2)32-13-20)9-10-23(22)37(35-27)15-26(39)34-29(40)28-21-6-3-5-19(21)14-36(28)25-8-4-7-24(30)33-25/h4,7-13,19,21,28H,3,5-6,14-15H2,1-2H3,(H,34,39,40)/t19-,21+,28+/m1/s1. The largest absolute Gasteiger partial charge is 0.344 e. The number of nitrogens with one attached hydrogen (secondary N) is 1. The van der Waals surface area contributed by atoms with E-state index in [0.29, 0.717) is 27.2 Å². The highest BCUT2D eigenvalue weighted by atomic mass is 79.9. The van der Waals surface area contributed by atoms with Gasteiger partial charge >= 0.3 is 0 Å². The number of halogens is 1. The van der Waals surface area contributed by atoms with Gasteiger partial charge in [0.1, 0.15) is 34.5 Å². The molecule has 4 aromatic rings. The number of Topliss-reactive ketones (excluding diaryl/α,β-unsaturated/α-hetero) is 1. The van der Waals surface area contributed by atoms with Crippen molar-refractivity contribution in [3.05, 3.63) is 64.9 Å². The van der Waals surface area contributed by atoms with E-state index in [0.717, 1.165) is 42.8 Å². The molecule has 10 nitrogen and oxygen atoms in total. The van der Waals surface area contributed by atoms with E-state index in [1.807, 2.05) is 48.2 Å². The lowest BCUT2D eigenvalue weighted by Gasteiger charge is -2.27. The zero-order chi connectivity index (χ0) is 28.0. The number of benzene rings is 1. The maximum Gasteiger partial charge on any atom is 0.249 e. The minimum atomic E-state index is -0.482. The molecule has 2 amide bonds. The number of amides is 2. The van der Waals surface area contributed by atoms with Gasteiger partial charge in [-0.05, 0) is 77.4 Å². The summed E-state index contributed by atoms with van der Waals surface area (Å²) in [7, 11) is 0. The summed E-state index contributed by atoms with van der Waals surface area (Å²) < 4.78 is 2.17. The Hall–Kier alpha value is -3.99. The number of carbonyl (C=O) groups is 3. The van der Waals surface area contributed by atoms with Crippen molar-refractivity contribution in [1.82, 2.24) is 30.0 Å². The number of imide groups is 1. The third-order valence-corrected chi connectivity index (χ3v) is 8.35. The van der Waals surface area contributed by atoms with Crippen molar-refractivity contribution in [2.75, 3.05) is 11.4 Å². The van der Waals surface area contributed by atoms with Gasteiger partial charge in [0.15, 0.2) is 5.78 Å². The first-order valence-corrected chi connectivity index (χ1v) is 14.1. The Morgan fingerprint density at radius 2 is 1.88 bits per heavy atom. The SMILES string of the molecule is CC(=O)c1nn(CC(=O)NC(=O)[C@@H]2[C@H]3CCC[C@@H]3CN2c2cccc(Br)n2)c2ccc(-c3cnc(C)nc3)cc12. The number of hydrogen-bond donors (Lipinski definition) is 1. The van der Waals surface area contributed by atoms with Gasteiger partial charge in [0.2, 0.25) is 11.8 Å². The maximum atomic E-state index is 13.6. The Labute approximate surface area is 239 Å². The van der Waals surface area contributed by atoms with Crippen molar-refractivity contribution in [3.63, 3.8) is 0 Å². The zero-order valence-corrected chi connectivity index (χ0v) is 23.8. The predicted octanol–water partition coefficient (Wildman–Crippen LogP) is 4.11. The number of fused-ring (bicyclic) bond motifs is 2. The summed E-state index contributed by atoms with van der Waals surface area (Å²) in [5, 5.41) is 7.69. The van der Waals surface area contributed by atoms with Gasteiger partial charge in [0, 0.05) is 36.8 Å². The lowest BCUT2D eigenvalue weighted by atomic mass is 9.93. The number of ketones is 1. The molecule has 0 bridgehead atoms. The fourth-order valence-electron chi connectivity index (χ4n) is 6.10. The molecule has 1 saturated carbocycles. The normalized spacial score (nSPS) is 20.1. The Balaban J connectivity index is 1.24. The van der Waals surface area contributed by atoms with Crippen LogP contribution in [-0.4, -0.2) is 54.9 Å². The maximum absolute atomic E-state index is 13.6. The molecule has 0 unspecified atom stereocenters. The molecular weight excluding hydrogens is 574 g/mol. The van der Waals surface area contributed by atoms with Crippen LogP contribution in [0.4, 0.5) is 5.82 Å². The molecule has 40 heavy (non-hydrogen) atoms. The highest BCUT2D eigenvalue weighted by Gasteiger charge is 2.48. The molecule has 1 aliphatic carbocycles. The first kappa shape index (κ1) is 26.2. The second-order valence-electron chi connectivity index (χ2n) is 10.5. The van der Waals surface area contributed by atoms with Crippen LogP contribution in [0.5, 0.6) is 0 Å². The lowest BCUT2D eigenvalue weighted by molar-refractivity contribution is -0.132. The number of rotatable bonds is 6. The predicted molar refractivity (Wildman–Crippen MR) is 153 cm³/mol. The Kier molecular flexibility index (Phi) is 6.91. The molecule has 2 fully saturated rings. The van der Waals surface area contributed by atoms with Crippen molar-refractivity contribution in [3.8, 4) is 11.1 Å². The van der Waals surface area contributed by atoms with Crippen molar-refractivity contribution in [2.45, 2.75) is 45.7 Å². The van der Waals surface area contributed by atoms with E-state index in [-0.39, 0.29) is 29.8 Å².